The molecule has 0 unspecified atom stereocenters. The minimum Gasteiger partial charge on any atom is -0.465 e. The summed E-state index contributed by atoms with van der Waals surface area (Å²) in [4.78, 5) is 34.5. The van der Waals surface area contributed by atoms with E-state index in [1.54, 1.807) is 24.0 Å². The van der Waals surface area contributed by atoms with Crippen LogP contribution in [0.3, 0.4) is 0 Å². The van der Waals surface area contributed by atoms with Gasteiger partial charge in [0.25, 0.3) is 0 Å². The highest BCUT2D eigenvalue weighted by molar-refractivity contribution is 5.97. The number of anilines is 1. The van der Waals surface area contributed by atoms with Crippen molar-refractivity contribution in [3.8, 4) is 0 Å². The number of hydrogen-bond donors (Lipinski definition) is 2. The van der Waals surface area contributed by atoms with Crippen molar-refractivity contribution in [3.63, 3.8) is 0 Å². The van der Waals surface area contributed by atoms with E-state index in [4.69, 9.17) is 0 Å². The molecule has 2 aromatic rings. The smallest absolute Gasteiger partial charge is 0.407 e. The molecule has 0 aliphatic carbocycles. The molecule has 1 aromatic heterocycles. The summed E-state index contributed by atoms with van der Waals surface area (Å²) in [5, 5.41) is 19.2. The molecule has 1 aromatic carbocycles. The fourth-order valence-electron chi connectivity index (χ4n) is 4.94. The Labute approximate surface area is 198 Å². The van der Waals surface area contributed by atoms with E-state index >= 15 is 0 Å². The number of piperazine rings is 1. The lowest BCUT2D eigenvalue weighted by Crippen LogP contribution is -2.61. The molecule has 9 heteroatoms. The van der Waals surface area contributed by atoms with Crippen molar-refractivity contribution >= 4 is 17.7 Å². The van der Waals surface area contributed by atoms with Crippen molar-refractivity contribution in [3.05, 3.63) is 59.2 Å². The van der Waals surface area contributed by atoms with Crippen molar-refractivity contribution in [2.75, 3.05) is 37.7 Å². The lowest BCUT2D eigenvalue weighted by molar-refractivity contribution is -0.121. The van der Waals surface area contributed by atoms with Gasteiger partial charge in [0.05, 0.1) is 30.6 Å². The zero-order chi connectivity index (χ0) is 24.6. The monoisotopic (exact) mass is 470 g/mol. The molecule has 2 aliphatic heterocycles. The normalized spacial score (nSPS) is 22.0. The molecule has 2 atom stereocenters. The minimum absolute atomic E-state index is 0.0841. The van der Waals surface area contributed by atoms with Crippen molar-refractivity contribution in [2.45, 2.75) is 44.7 Å². The summed E-state index contributed by atoms with van der Waals surface area (Å²) in [6.45, 7) is 6.78. The van der Waals surface area contributed by atoms with Gasteiger partial charge in [-0.1, -0.05) is 26.0 Å². The number of hydrogen-bond acceptors (Lipinski definition) is 5. The summed E-state index contributed by atoms with van der Waals surface area (Å²) >= 11 is 0. The van der Waals surface area contributed by atoms with Crippen LogP contribution in [0.25, 0.3) is 0 Å². The van der Waals surface area contributed by atoms with Gasteiger partial charge in [-0.15, -0.1) is 0 Å². The van der Waals surface area contributed by atoms with Crippen LogP contribution in [-0.4, -0.2) is 81.9 Å². The van der Waals surface area contributed by atoms with Gasteiger partial charge in [-0.3, -0.25) is 14.7 Å². The van der Waals surface area contributed by atoms with Crippen LogP contribution in [0.2, 0.25) is 0 Å². The van der Waals surface area contributed by atoms with E-state index in [9.17, 15) is 24.2 Å². The molecule has 0 saturated carbocycles. The maximum absolute atomic E-state index is 13.5. The third-order valence-corrected chi connectivity index (χ3v) is 6.78. The standard InChI is InChI=1S/C25H31FN4O4/c1-16-11-28(20(14-31)12-29(16)24(33)34)13-22(32)30-15-25(2,3)23-21(30)9-18(10-27-23)8-17-4-6-19(26)7-5-17/h4-7,9-10,16,20,31H,8,11-15H2,1-3H3,(H,33,34)/t16-,20-/m1/s1. The number of carbonyl (C=O) groups is 2. The number of rotatable bonds is 5. The molecule has 1 saturated heterocycles. The zero-order valence-corrected chi connectivity index (χ0v) is 19.7. The third-order valence-electron chi connectivity index (χ3n) is 6.78. The molecular weight excluding hydrogens is 439 g/mol. The lowest BCUT2D eigenvalue weighted by atomic mass is 9.91. The zero-order valence-electron chi connectivity index (χ0n) is 19.7. The topological polar surface area (TPSA) is 97.2 Å². The second-order valence-electron chi connectivity index (χ2n) is 9.93. The van der Waals surface area contributed by atoms with E-state index in [-0.39, 0.29) is 42.9 Å². The molecule has 1 fully saturated rings. The van der Waals surface area contributed by atoms with Crippen molar-refractivity contribution in [1.29, 1.82) is 0 Å². The quantitative estimate of drug-likeness (QED) is 0.697. The second kappa shape index (κ2) is 9.31. The van der Waals surface area contributed by atoms with E-state index in [0.717, 1.165) is 22.5 Å². The largest absolute Gasteiger partial charge is 0.465 e. The SMILES string of the molecule is C[C@@H]1CN(CC(=O)N2CC(C)(C)c3ncc(Cc4ccc(F)cc4)cc32)[C@@H](CO)CN1C(=O)O. The van der Waals surface area contributed by atoms with Crippen molar-refractivity contribution in [1.82, 2.24) is 14.8 Å². The van der Waals surface area contributed by atoms with Gasteiger partial charge in [-0.25, -0.2) is 9.18 Å². The van der Waals surface area contributed by atoms with Crippen molar-refractivity contribution < 1.29 is 24.2 Å². The number of fused-ring (bicyclic) bond motifs is 1. The minimum atomic E-state index is -1.02. The van der Waals surface area contributed by atoms with E-state index in [2.05, 4.69) is 18.8 Å². The Kier molecular flexibility index (Phi) is 6.60. The number of aliphatic hydroxyl groups excluding tert-OH is 1. The summed E-state index contributed by atoms with van der Waals surface area (Å²) in [5.41, 5.74) is 3.19. The fourth-order valence-corrected chi connectivity index (χ4v) is 4.94. The molecule has 182 valence electrons. The Bertz CT molecular complexity index is 1080. The molecule has 2 amide bonds. The Morgan fingerprint density at radius 2 is 1.88 bits per heavy atom. The van der Waals surface area contributed by atoms with Crippen molar-refractivity contribution in [2.24, 2.45) is 0 Å². The fraction of sp³-hybridized carbons (Fsp3) is 0.480. The van der Waals surface area contributed by atoms with Crippen LogP contribution in [-0.2, 0) is 16.6 Å². The number of halogens is 1. The Morgan fingerprint density at radius 1 is 1.18 bits per heavy atom. The summed E-state index contributed by atoms with van der Waals surface area (Å²) in [6, 6.07) is 7.60. The van der Waals surface area contributed by atoms with Gasteiger partial charge < -0.3 is 20.0 Å². The highest BCUT2D eigenvalue weighted by Crippen LogP contribution is 2.39. The third kappa shape index (κ3) is 4.76. The number of aromatic nitrogens is 1. The molecule has 8 nitrogen and oxygen atoms in total. The summed E-state index contributed by atoms with van der Waals surface area (Å²) in [7, 11) is 0. The van der Waals surface area contributed by atoms with Crippen LogP contribution in [0.1, 0.15) is 37.6 Å². The van der Waals surface area contributed by atoms with E-state index < -0.39 is 12.1 Å². The van der Waals surface area contributed by atoms with Crippen LogP contribution in [0.4, 0.5) is 14.9 Å². The Morgan fingerprint density at radius 3 is 2.53 bits per heavy atom. The first-order valence-electron chi connectivity index (χ1n) is 11.5. The first kappa shape index (κ1) is 24.1. The molecule has 2 N–H and O–H groups in total. The van der Waals surface area contributed by atoms with Gasteiger partial charge in [0, 0.05) is 37.3 Å². The maximum Gasteiger partial charge on any atom is 0.407 e. The average molecular weight is 471 g/mol. The number of benzene rings is 1. The van der Waals surface area contributed by atoms with Gasteiger partial charge in [-0.2, -0.15) is 0 Å². The molecule has 0 bridgehead atoms. The molecule has 2 aliphatic rings. The van der Waals surface area contributed by atoms with Crippen LogP contribution < -0.4 is 4.90 Å². The first-order chi connectivity index (χ1) is 16.1. The van der Waals surface area contributed by atoms with Gasteiger partial charge in [0.2, 0.25) is 5.91 Å². The number of pyridine rings is 1. The van der Waals surface area contributed by atoms with Gasteiger partial charge in [0.1, 0.15) is 5.82 Å². The van der Waals surface area contributed by atoms with Gasteiger partial charge in [-0.05, 0) is 42.7 Å². The maximum atomic E-state index is 13.5. The molecule has 4 rings (SSSR count). The number of amides is 2. The number of carbonyl (C=O) groups excluding carboxylic acids is 1. The number of aliphatic hydroxyl groups is 1. The predicted molar refractivity (Wildman–Crippen MR) is 125 cm³/mol. The Hall–Kier alpha value is -3.04. The lowest BCUT2D eigenvalue weighted by Gasteiger charge is -2.43. The Balaban J connectivity index is 1.54. The summed E-state index contributed by atoms with van der Waals surface area (Å²) in [6.07, 6.45) is 1.36. The van der Waals surface area contributed by atoms with Gasteiger partial charge in [0.15, 0.2) is 0 Å². The molecule has 0 radical (unpaired) electrons. The molecule has 34 heavy (non-hydrogen) atoms. The van der Waals surface area contributed by atoms with E-state index in [1.165, 1.54) is 17.0 Å². The highest BCUT2D eigenvalue weighted by Gasteiger charge is 2.41. The molecular formula is C25H31FN4O4. The van der Waals surface area contributed by atoms with Crippen LogP contribution in [0.15, 0.2) is 36.5 Å². The summed E-state index contributed by atoms with van der Waals surface area (Å²) in [5.74, 6) is -0.393. The second-order valence-corrected chi connectivity index (χ2v) is 9.93. The highest BCUT2D eigenvalue weighted by atomic mass is 19.1. The number of carboxylic acid groups (broad SMARTS) is 1. The van der Waals surface area contributed by atoms with Crippen LogP contribution >= 0.6 is 0 Å². The van der Waals surface area contributed by atoms with E-state index in [0.29, 0.717) is 19.5 Å². The number of nitrogens with zero attached hydrogens (tertiary/aromatic N) is 4. The predicted octanol–water partition coefficient (Wildman–Crippen LogP) is 2.48. The van der Waals surface area contributed by atoms with E-state index in [1.807, 2.05) is 17.2 Å². The van der Waals surface area contributed by atoms with Crippen LogP contribution in [0.5, 0.6) is 0 Å². The average Bonchev–Trinajstić information content (AvgIpc) is 3.05. The van der Waals surface area contributed by atoms with Crippen LogP contribution in [0, 0.1) is 5.82 Å². The first-order valence-corrected chi connectivity index (χ1v) is 11.5. The molecule has 3 heterocycles. The van der Waals surface area contributed by atoms with Gasteiger partial charge >= 0.3 is 6.09 Å². The molecule has 0 spiro atoms. The summed E-state index contributed by atoms with van der Waals surface area (Å²) < 4.78 is 13.3.